The zero-order chi connectivity index (χ0) is 17.9. The maximum absolute atomic E-state index is 5.54. The molecule has 4 rings (SSSR count). The first-order chi connectivity index (χ1) is 12.8. The minimum absolute atomic E-state index is 0.736. The number of hydrogen-bond donors (Lipinski definition) is 0. The lowest BCUT2D eigenvalue weighted by Crippen LogP contribution is -2.01. The summed E-state index contributed by atoms with van der Waals surface area (Å²) in [6.07, 6.45) is 0. The fourth-order valence-corrected chi connectivity index (χ4v) is 3.39. The zero-order valence-corrected chi connectivity index (χ0v) is 15.7. The maximum atomic E-state index is 5.54. The van der Waals surface area contributed by atoms with Gasteiger partial charge in [-0.15, -0.1) is 10.2 Å². The van der Waals surface area contributed by atoms with Crippen LogP contribution in [0.2, 0.25) is 0 Å². The Balaban J connectivity index is 2.01. The molecule has 0 atom stereocenters. The Morgan fingerprint density at radius 3 is 2.00 bits per heavy atom. The van der Waals surface area contributed by atoms with Gasteiger partial charge in [-0.1, -0.05) is 64.5 Å². The Bertz CT molecular complexity index is 1040. The van der Waals surface area contributed by atoms with Gasteiger partial charge < -0.3 is 4.74 Å². The second-order valence-corrected chi connectivity index (χ2v) is 6.55. The summed E-state index contributed by atoms with van der Waals surface area (Å²) in [5.74, 6) is 2.26. The molecule has 0 aliphatic carbocycles. The molecule has 4 aromatic rings. The van der Waals surface area contributed by atoms with Gasteiger partial charge in [0.15, 0.2) is 11.6 Å². The summed E-state index contributed by atoms with van der Waals surface area (Å²) in [6, 6.07) is 25.9. The second-order valence-electron chi connectivity index (χ2n) is 5.70. The highest BCUT2D eigenvalue weighted by atomic mass is 79.9. The van der Waals surface area contributed by atoms with E-state index in [9.17, 15) is 0 Å². The lowest BCUT2D eigenvalue weighted by molar-refractivity contribution is 0.416. The van der Waals surface area contributed by atoms with Crippen molar-refractivity contribution in [3.8, 4) is 34.2 Å². The molecule has 0 aliphatic rings. The van der Waals surface area contributed by atoms with Crippen LogP contribution in [0.25, 0.3) is 28.5 Å². The predicted molar refractivity (Wildman–Crippen MR) is 106 cm³/mol. The van der Waals surface area contributed by atoms with E-state index in [1.54, 1.807) is 7.11 Å². The van der Waals surface area contributed by atoms with E-state index in [0.29, 0.717) is 0 Å². The third-order valence-corrected chi connectivity index (χ3v) is 4.83. The van der Waals surface area contributed by atoms with Gasteiger partial charge in [-0.3, -0.25) is 4.57 Å². The van der Waals surface area contributed by atoms with Crippen molar-refractivity contribution in [3.63, 3.8) is 0 Å². The van der Waals surface area contributed by atoms with Gasteiger partial charge in [0.2, 0.25) is 0 Å². The Morgan fingerprint density at radius 2 is 1.31 bits per heavy atom. The van der Waals surface area contributed by atoms with Crippen molar-refractivity contribution in [2.24, 2.45) is 0 Å². The quantitative estimate of drug-likeness (QED) is 0.457. The number of para-hydroxylation sites is 2. The zero-order valence-electron chi connectivity index (χ0n) is 14.1. The van der Waals surface area contributed by atoms with Crippen LogP contribution < -0.4 is 4.74 Å². The number of rotatable bonds is 4. The van der Waals surface area contributed by atoms with Gasteiger partial charge in [0.25, 0.3) is 0 Å². The summed E-state index contributed by atoms with van der Waals surface area (Å²) < 4.78 is 8.56. The molecule has 5 heteroatoms. The molecule has 0 radical (unpaired) electrons. The largest absolute Gasteiger partial charge is 0.496 e. The van der Waals surface area contributed by atoms with Crippen molar-refractivity contribution in [1.29, 1.82) is 0 Å². The van der Waals surface area contributed by atoms with E-state index >= 15 is 0 Å². The molecule has 128 valence electrons. The van der Waals surface area contributed by atoms with Gasteiger partial charge in [0, 0.05) is 15.7 Å². The van der Waals surface area contributed by atoms with Crippen LogP contribution in [-0.4, -0.2) is 21.9 Å². The molecule has 1 heterocycles. The highest BCUT2D eigenvalue weighted by Gasteiger charge is 2.20. The van der Waals surface area contributed by atoms with Crippen molar-refractivity contribution in [3.05, 3.63) is 83.3 Å². The topological polar surface area (TPSA) is 39.9 Å². The standard InChI is InChI=1S/C21H16BrN3O/c1-26-19-14-8-6-12-17(19)21-24-23-20(16-11-5-7-13-18(16)22)25(21)15-9-3-2-4-10-15/h2-14H,1H3. The predicted octanol–water partition coefficient (Wildman–Crippen LogP) is 5.37. The van der Waals surface area contributed by atoms with Crippen LogP contribution in [-0.2, 0) is 0 Å². The molecule has 0 saturated carbocycles. The van der Waals surface area contributed by atoms with Gasteiger partial charge in [0.05, 0.1) is 12.7 Å². The number of ether oxygens (including phenoxy) is 1. The maximum Gasteiger partial charge on any atom is 0.172 e. The fraction of sp³-hybridized carbons (Fsp3) is 0.0476. The summed E-state index contributed by atoms with van der Waals surface area (Å²) in [5, 5.41) is 9.00. The first-order valence-corrected chi connectivity index (χ1v) is 8.98. The van der Waals surface area contributed by atoms with Crippen LogP contribution in [0, 0.1) is 0 Å². The van der Waals surface area contributed by atoms with Gasteiger partial charge in [0.1, 0.15) is 5.75 Å². The molecule has 0 aliphatic heterocycles. The first kappa shape index (κ1) is 16.5. The molecule has 0 spiro atoms. The van der Waals surface area contributed by atoms with E-state index in [0.717, 1.165) is 38.7 Å². The van der Waals surface area contributed by atoms with Crippen LogP contribution in [0.1, 0.15) is 0 Å². The number of nitrogens with zero attached hydrogens (tertiary/aromatic N) is 3. The summed E-state index contributed by atoms with van der Waals surface area (Å²) in [5.41, 5.74) is 2.86. The van der Waals surface area contributed by atoms with Gasteiger partial charge in [-0.05, 0) is 30.3 Å². The van der Waals surface area contributed by atoms with Crippen LogP contribution in [0.4, 0.5) is 0 Å². The average Bonchev–Trinajstić information content (AvgIpc) is 3.13. The summed E-state index contributed by atoms with van der Waals surface area (Å²) in [7, 11) is 1.66. The average molecular weight is 406 g/mol. The first-order valence-electron chi connectivity index (χ1n) is 8.18. The molecule has 0 N–H and O–H groups in total. The smallest absolute Gasteiger partial charge is 0.172 e. The third kappa shape index (κ3) is 2.91. The Labute approximate surface area is 160 Å². The monoisotopic (exact) mass is 405 g/mol. The molecule has 0 saturated heterocycles. The van der Waals surface area contributed by atoms with Crippen molar-refractivity contribution in [2.45, 2.75) is 0 Å². The Kier molecular flexibility index (Phi) is 4.54. The third-order valence-electron chi connectivity index (χ3n) is 4.14. The van der Waals surface area contributed by atoms with Crippen LogP contribution in [0.15, 0.2) is 83.3 Å². The van der Waals surface area contributed by atoms with Crippen molar-refractivity contribution in [1.82, 2.24) is 14.8 Å². The van der Waals surface area contributed by atoms with Gasteiger partial charge in [-0.25, -0.2) is 0 Å². The van der Waals surface area contributed by atoms with Crippen LogP contribution >= 0.6 is 15.9 Å². The van der Waals surface area contributed by atoms with Crippen LogP contribution in [0.3, 0.4) is 0 Å². The van der Waals surface area contributed by atoms with Crippen molar-refractivity contribution >= 4 is 15.9 Å². The number of methoxy groups -OCH3 is 1. The molecule has 0 unspecified atom stereocenters. The molecule has 0 fully saturated rings. The molecule has 0 bridgehead atoms. The number of benzene rings is 3. The van der Waals surface area contributed by atoms with E-state index in [4.69, 9.17) is 4.74 Å². The van der Waals surface area contributed by atoms with Gasteiger partial charge in [-0.2, -0.15) is 0 Å². The van der Waals surface area contributed by atoms with Gasteiger partial charge >= 0.3 is 0 Å². The van der Waals surface area contributed by atoms with E-state index < -0.39 is 0 Å². The highest BCUT2D eigenvalue weighted by molar-refractivity contribution is 9.10. The highest BCUT2D eigenvalue weighted by Crippen LogP contribution is 2.35. The molecule has 3 aromatic carbocycles. The van der Waals surface area contributed by atoms with Crippen molar-refractivity contribution in [2.75, 3.05) is 7.11 Å². The SMILES string of the molecule is COc1ccccc1-c1nnc(-c2ccccc2Br)n1-c1ccccc1. The second kappa shape index (κ2) is 7.14. The summed E-state index contributed by atoms with van der Waals surface area (Å²) in [4.78, 5) is 0. The van der Waals surface area contributed by atoms with Crippen molar-refractivity contribution < 1.29 is 4.74 Å². The molecular weight excluding hydrogens is 390 g/mol. The van der Waals surface area contributed by atoms with Crippen LogP contribution in [0.5, 0.6) is 5.75 Å². The lowest BCUT2D eigenvalue weighted by Gasteiger charge is -2.13. The minimum atomic E-state index is 0.736. The summed E-state index contributed by atoms with van der Waals surface area (Å²) >= 11 is 3.63. The lowest BCUT2D eigenvalue weighted by atomic mass is 10.1. The number of halogens is 1. The summed E-state index contributed by atoms with van der Waals surface area (Å²) in [6.45, 7) is 0. The van der Waals surface area contributed by atoms with E-state index in [1.165, 1.54) is 0 Å². The molecule has 4 nitrogen and oxygen atoms in total. The van der Waals surface area contributed by atoms with E-state index in [1.807, 2.05) is 78.9 Å². The fourth-order valence-electron chi connectivity index (χ4n) is 2.93. The number of hydrogen-bond acceptors (Lipinski definition) is 3. The molecule has 26 heavy (non-hydrogen) atoms. The van der Waals surface area contributed by atoms with E-state index in [-0.39, 0.29) is 0 Å². The van der Waals surface area contributed by atoms with E-state index in [2.05, 4.69) is 30.7 Å². The number of aromatic nitrogens is 3. The molecular formula is C21H16BrN3O. The Morgan fingerprint density at radius 1 is 0.731 bits per heavy atom. The minimum Gasteiger partial charge on any atom is -0.496 e. The molecule has 0 amide bonds. The Hall–Kier alpha value is -2.92. The normalized spacial score (nSPS) is 10.7. The molecule has 1 aromatic heterocycles.